The van der Waals surface area contributed by atoms with Crippen LogP contribution in [0, 0.1) is 0 Å². The van der Waals surface area contributed by atoms with Gasteiger partial charge >= 0.3 is 0 Å². The number of hydrogen-bond acceptors (Lipinski definition) is 5. The van der Waals surface area contributed by atoms with E-state index in [-0.39, 0.29) is 5.56 Å². The summed E-state index contributed by atoms with van der Waals surface area (Å²) >= 11 is 0. The summed E-state index contributed by atoms with van der Waals surface area (Å²) < 4.78 is 9.20. The maximum absolute atomic E-state index is 12.5. The molecule has 1 unspecified atom stereocenters. The summed E-state index contributed by atoms with van der Waals surface area (Å²) in [7, 11) is 2.07. The lowest BCUT2D eigenvalue weighted by molar-refractivity contribution is 0.107. The average Bonchev–Trinajstić information content (AvgIpc) is 3.35. The highest BCUT2D eigenvalue weighted by molar-refractivity contribution is 5.30. The fourth-order valence-electron chi connectivity index (χ4n) is 4.87. The number of nitrogens with zero attached hydrogens (tertiary/aromatic N) is 5. The van der Waals surface area contributed by atoms with E-state index in [4.69, 9.17) is 9.84 Å². The molecule has 0 spiro atoms. The second-order valence-corrected chi connectivity index (χ2v) is 8.05. The van der Waals surface area contributed by atoms with E-state index >= 15 is 0 Å². The van der Waals surface area contributed by atoms with Gasteiger partial charge in [-0.15, -0.1) is 0 Å². The van der Waals surface area contributed by atoms with Crippen molar-refractivity contribution in [1.82, 2.24) is 24.5 Å². The number of aromatic nitrogens is 4. The highest BCUT2D eigenvalue weighted by atomic mass is 16.5. The molecule has 2 aliphatic heterocycles. The van der Waals surface area contributed by atoms with Crippen LogP contribution >= 0.6 is 0 Å². The van der Waals surface area contributed by atoms with Crippen molar-refractivity contribution in [3.8, 4) is 0 Å². The number of rotatable bonds is 4. The zero-order valence-corrected chi connectivity index (χ0v) is 16.0. The SMILES string of the molecule is Cn1nc2c(c1CN1CCCC1Cn1nc3c(cc1=O)COCC3)CCC2. The van der Waals surface area contributed by atoms with Crippen molar-refractivity contribution < 1.29 is 4.74 Å². The molecule has 3 aliphatic rings. The molecule has 27 heavy (non-hydrogen) atoms. The molecule has 7 heteroatoms. The lowest BCUT2D eigenvalue weighted by atomic mass is 10.1. The molecule has 0 amide bonds. The summed E-state index contributed by atoms with van der Waals surface area (Å²) in [6.45, 7) is 3.89. The maximum atomic E-state index is 12.5. The van der Waals surface area contributed by atoms with Gasteiger partial charge in [0, 0.05) is 37.7 Å². The Balaban J connectivity index is 1.36. The largest absolute Gasteiger partial charge is 0.376 e. The smallest absolute Gasteiger partial charge is 0.267 e. The van der Waals surface area contributed by atoms with E-state index in [1.807, 2.05) is 0 Å². The first-order valence-corrected chi connectivity index (χ1v) is 10.1. The van der Waals surface area contributed by atoms with Crippen LogP contribution < -0.4 is 5.56 Å². The van der Waals surface area contributed by atoms with E-state index in [0.29, 0.717) is 25.8 Å². The minimum absolute atomic E-state index is 0.00692. The Kier molecular flexibility index (Phi) is 4.36. The Morgan fingerprint density at radius 3 is 3.04 bits per heavy atom. The van der Waals surface area contributed by atoms with Gasteiger partial charge in [0.05, 0.1) is 36.8 Å². The van der Waals surface area contributed by atoms with Crippen molar-refractivity contribution >= 4 is 0 Å². The number of ether oxygens (including phenoxy) is 1. The van der Waals surface area contributed by atoms with Gasteiger partial charge in [0.1, 0.15) is 0 Å². The van der Waals surface area contributed by atoms with Crippen LogP contribution in [0.15, 0.2) is 10.9 Å². The summed E-state index contributed by atoms with van der Waals surface area (Å²) in [6.07, 6.45) is 6.60. The molecule has 0 aromatic carbocycles. The predicted molar refractivity (Wildman–Crippen MR) is 101 cm³/mol. The van der Waals surface area contributed by atoms with Gasteiger partial charge in [0.2, 0.25) is 0 Å². The van der Waals surface area contributed by atoms with E-state index in [1.54, 1.807) is 10.7 Å². The fourth-order valence-corrected chi connectivity index (χ4v) is 4.87. The minimum Gasteiger partial charge on any atom is -0.376 e. The monoisotopic (exact) mass is 369 g/mol. The molecule has 144 valence electrons. The van der Waals surface area contributed by atoms with Gasteiger partial charge in [0.25, 0.3) is 5.56 Å². The predicted octanol–water partition coefficient (Wildman–Crippen LogP) is 1.20. The molecule has 4 heterocycles. The zero-order chi connectivity index (χ0) is 18.4. The normalized spacial score (nSPS) is 22.2. The van der Waals surface area contributed by atoms with Gasteiger partial charge in [0.15, 0.2) is 0 Å². The first-order chi connectivity index (χ1) is 13.2. The molecule has 0 bridgehead atoms. The zero-order valence-electron chi connectivity index (χ0n) is 16.0. The van der Waals surface area contributed by atoms with Crippen LogP contribution in [0.2, 0.25) is 0 Å². The van der Waals surface area contributed by atoms with Gasteiger partial charge in [-0.1, -0.05) is 0 Å². The second kappa shape index (κ2) is 6.87. The molecule has 1 aliphatic carbocycles. The van der Waals surface area contributed by atoms with Crippen molar-refractivity contribution in [1.29, 1.82) is 0 Å². The molecule has 2 aromatic heterocycles. The topological polar surface area (TPSA) is 65.2 Å². The number of likely N-dealkylation sites (tertiary alicyclic amines) is 1. The summed E-state index contributed by atoms with van der Waals surface area (Å²) in [6, 6.07) is 2.08. The molecular formula is C20H27N5O2. The van der Waals surface area contributed by atoms with E-state index in [0.717, 1.165) is 50.0 Å². The van der Waals surface area contributed by atoms with Crippen molar-refractivity contribution in [2.45, 2.75) is 64.3 Å². The Hall–Kier alpha value is -1.99. The number of aryl methyl sites for hydroxylation is 2. The molecule has 1 atom stereocenters. The lowest BCUT2D eigenvalue weighted by Crippen LogP contribution is -2.38. The van der Waals surface area contributed by atoms with Crippen LogP contribution in [0.5, 0.6) is 0 Å². The van der Waals surface area contributed by atoms with Gasteiger partial charge < -0.3 is 4.74 Å². The average molecular weight is 369 g/mol. The molecule has 1 saturated heterocycles. The standard InChI is InChI=1S/C20H27N5O2/c1-23-19(16-5-2-6-18(16)21-23)12-24-8-3-4-15(24)11-25-20(26)10-14-13-27-9-7-17(14)22-25/h10,15H,2-9,11-13H2,1H3. The van der Waals surface area contributed by atoms with E-state index in [1.165, 1.54) is 29.8 Å². The van der Waals surface area contributed by atoms with Crippen molar-refractivity contribution in [3.63, 3.8) is 0 Å². The number of fused-ring (bicyclic) bond motifs is 2. The minimum atomic E-state index is -0.00692. The highest BCUT2D eigenvalue weighted by Gasteiger charge is 2.29. The lowest BCUT2D eigenvalue weighted by Gasteiger charge is -2.26. The maximum Gasteiger partial charge on any atom is 0.267 e. The summed E-state index contributed by atoms with van der Waals surface area (Å²) in [5.41, 5.74) is 6.08. The van der Waals surface area contributed by atoms with Gasteiger partial charge in [-0.05, 0) is 44.2 Å². The van der Waals surface area contributed by atoms with Crippen molar-refractivity contribution in [3.05, 3.63) is 44.6 Å². The third-order valence-electron chi connectivity index (χ3n) is 6.34. The van der Waals surface area contributed by atoms with Crippen LogP contribution in [-0.4, -0.2) is 43.7 Å². The summed E-state index contributed by atoms with van der Waals surface area (Å²) in [5, 5.41) is 9.38. The second-order valence-electron chi connectivity index (χ2n) is 8.05. The Bertz CT molecular complexity index is 916. The van der Waals surface area contributed by atoms with Crippen molar-refractivity contribution in [2.75, 3.05) is 13.2 Å². The third kappa shape index (κ3) is 3.12. The van der Waals surface area contributed by atoms with Crippen LogP contribution in [-0.2, 0) is 50.7 Å². The Morgan fingerprint density at radius 1 is 1.19 bits per heavy atom. The Labute approximate surface area is 158 Å². The molecular weight excluding hydrogens is 342 g/mol. The fraction of sp³-hybridized carbons (Fsp3) is 0.650. The highest BCUT2D eigenvalue weighted by Crippen LogP contribution is 2.28. The molecule has 1 fully saturated rings. The molecule has 2 aromatic rings. The number of hydrogen-bond donors (Lipinski definition) is 0. The van der Waals surface area contributed by atoms with E-state index < -0.39 is 0 Å². The molecule has 7 nitrogen and oxygen atoms in total. The van der Waals surface area contributed by atoms with Crippen LogP contribution in [0.1, 0.15) is 47.5 Å². The van der Waals surface area contributed by atoms with Gasteiger partial charge in [-0.3, -0.25) is 14.4 Å². The first kappa shape index (κ1) is 17.1. The van der Waals surface area contributed by atoms with Crippen molar-refractivity contribution in [2.24, 2.45) is 7.05 Å². The summed E-state index contributed by atoms with van der Waals surface area (Å²) in [5.74, 6) is 0. The molecule has 0 saturated carbocycles. The Morgan fingerprint density at radius 2 is 2.11 bits per heavy atom. The summed E-state index contributed by atoms with van der Waals surface area (Å²) in [4.78, 5) is 15.0. The van der Waals surface area contributed by atoms with E-state index in [2.05, 4.69) is 21.7 Å². The quantitative estimate of drug-likeness (QED) is 0.810. The van der Waals surface area contributed by atoms with Crippen LogP contribution in [0.4, 0.5) is 0 Å². The molecule has 0 radical (unpaired) electrons. The van der Waals surface area contributed by atoms with Crippen LogP contribution in [0.3, 0.4) is 0 Å². The third-order valence-corrected chi connectivity index (χ3v) is 6.34. The molecule has 0 N–H and O–H groups in total. The first-order valence-electron chi connectivity index (χ1n) is 10.1. The van der Waals surface area contributed by atoms with Gasteiger partial charge in [-0.25, -0.2) is 4.68 Å². The van der Waals surface area contributed by atoms with Gasteiger partial charge in [-0.2, -0.15) is 10.2 Å². The van der Waals surface area contributed by atoms with Crippen LogP contribution in [0.25, 0.3) is 0 Å². The molecule has 5 rings (SSSR count). The van der Waals surface area contributed by atoms with E-state index in [9.17, 15) is 4.79 Å².